The number of hydrogen-bond donors (Lipinski definition) is 1. The van der Waals surface area contributed by atoms with Gasteiger partial charge in [0.25, 0.3) is 0 Å². The number of hydrogen-bond acceptors (Lipinski definition) is 3. The molecule has 0 aromatic heterocycles. The highest BCUT2D eigenvalue weighted by molar-refractivity contribution is 4.97. The number of ether oxygens (including phenoxy) is 1. The van der Waals surface area contributed by atoms with Gasteiger partial charge in [-0.2, -0.15) is 5.48 Å². The van der Waals surface area contributed by atoms with Crippen LogP contribution in [-0.4, -0.2) is 23.9 Å². The largest absolute Gasteiger partial charge is 0.368 e. The summed E-state index contributed by atoms with van der Waals surface area (Å²) in [6.07, 6.45) is 0.984. The molecule has 0 aromatic carbocycles. The zero-order valence-corrected chi connectivity index (χ0v) is 10.9. The van der Waals surface area contributed by atoms with Crippen LogP contribution in [0.3, 0.4) is 0 Å². The minimum Gasteiger partial charge on any atom is -0.368 e. The molecule has 0 bridgehead atoms. The van der Waals surface area contributed by atoms with Crippen LogP contribution < -0.4 is 5.48 Å². The minimum atomic E-state index is -0.152. The van der Waals surface area contributed by atoms with Crippen LogP contribution in [0.15, 0.2) is 0 Å². The third-order valence-electron chi connectivity index (χ3n) is 2.72. The molecule has 0 radical (unpaired) electrons. The summed E-state index contributed by atoms with van der Waals surface area (Å²) in [7, 11) is 0. The second kappa shape index (κ2) is 4.40. The molecule has 1 fully saturated rings. The summed E-state index contributed by atoms with van der Waals surface area (Å²) < 4.78 is 5.96. The van der Waals surface area contributed by atoms with Crippen LogP contribution in [0.1, 0.15) is 48.0 Å². The molecule has 0 aromatic rings. The van der Waals surface area contributed by atoms with E-state index in [0.29, 0.717) is 5.92 Å². The molecular formula is C12H25NO2. The Labute approximate surface area is 93.5 Å². The molecule has 0 spiro atoms. The van der Waals surface area contributed by atoms with Crippen molar-refractivity contribution in [1.29, 1.82) is 0 Å². The minimum absolute atomic E-state index is 0.0532. The predicted octanol–water partition coefficient (Wildman–Crippen LogP) is 2.51. The van der Waals surface area contributed by atoms with E-state index in [1.807, 2.05) is 0 Å². The quantitative estimate of drug-likeness (QED) is 0.731. The maximum absolute atomic E-state index is 5.96. The fraction of sp³-hybridized carbons (Fsp3) is 1.00. The van der Waals surface area contributed by atoms with E-state index in [0.717, 1.165) is 13.0 Å². The summed E-state index contributed by atoms with van der Waals surface area (Å²) in [4.78, 5) is 5.48. The third kappa shape index (κ3) is 3.74. The lowest BCUT2D eigenvalue weighted by molar-refractivity contribution is -0.0891. The molecule has 1 aliphatic rings. The van der Waals surface area contributed by atoms with Crippen molar-refractivity contribution in [3.8, 4) is 0 Å². The molecule has 1 saturated heterocycles. The van der Waals surface area contributed by atoms with Crippen molar-refractivity contribution in [1.82, 2.24) is 5.48 Å². The zero-order chi connectivity index (χ0) is 11.7. The fourth-order valence-electron chi connectivity index (χ4n) is 2.06. The van der Waals surface area contributed by atoms with E-state index in [-0.39, 0.29) is 17.2 Å². The van der Waals surface area contributed by atoms with E-state index in [2.05, 4.69) is 47.0 Å². The van der Waals surface area contributed by atoms with Crippen molar-refractivity contribution in [2.24, 2.45) is 5.92 Å². The molecule has 3 heteroatoms. The van der Waals surface area contributed by atoms with Crippen LogP contribution >= 0.6 is 0 Å². The van der Waals surface area contributed by atoms with E-state index in [1.54, 1.807) is 0 Å². The Morgan fingerprint density at radius 2 is 1.93 bits per heavy atom. The molecule has 3 nitrogen and oxygen atoms in total. The van der Waals surface area contributed by atoms with Crippen molar-refractivity contribution < 1.29 is 9.57 Å². The van der Waals surface area contributed by atoms with Crippen molar-refractivity contribution in [2.75, 3.05) is 6.61 Å². The Balaban J connectivity index is 2.41. The molecule has 1 atom stereocenters. The van der Waals surface area contributed by atoms with Crippen molar-refractivity contribution >= 4 is 0 Å². The van der Waals surface area contributed by atoms with Crippen molar-refractivity contribution in [3.05, 3.63) is 0 Å². The highest BCUT2D eigenvalue weighted by atomic mass is 16.7. The first-order chi connectivity index (χ1) is 6.73. The average Bonchev–Trinajstić information content (AvgIpc) is 2.18. The summed E-state index contributed by atoms with van der Waals surface area (Å²) in [6.45, 7) is 13.5. The summed E-state index contributed by atoms with van der Waals surface area (Å²) in [5.41, 5.74) is 2.93. The van der Waals surface area contributed by atoms with Crippen LogP contribution in [-0.2, 0) is 9.57 Å². The van der Waals surface area contributed by atoms with Gasteiger partial charge in [-0.3, -0.25) is 0 Å². The molecule has 15 heavy (non-hydrogen) atoms. The Morgan fingerprint density at radius 3 is 2.33 bits per heavy atom. The van der Waals surface area contributed by atoms with Gasteiger partial charge in [-0.25, -0.2) is 0 Å². The second-order valence-electron chi connectivity index (χ2n) is 6.04. The lowest BCUT2D eigenvalue weighted by atomic mass is 9.95. The van der Waals surface area contributed by atoms with Crippen LogP contribution in [0.5, 0.6) is 0 Å². The van der Waals surface area contributed by atoms with Gasteiger partial charge in [-0.1, -0.05) is 13.8 Å². The summed E-state index contributed by atoms with van der Waals surface area (Å²) in [5, 5.41) is 0. The average molecular weight is 215 g/mol. The Bertz CT molecular complexity index is 212. The van der Waals surface area contributed by atoms with Gasteiger partial charge in [0, 0.05) is 0 Å². The lowest BCUT2D eigenvalue weighted by Gasteiger charge is -2.27. The zero-order valence-electron chi connectivity index (χ0n) is 10.9. The van der Waals surface area contributed by atoms with E-state index >= 15 is 0 Å². The first-order valence-electron chi connectivity index (χ1n) is 5.80. The SMILES string of the molecule is CC(C)CONC1CC(C)(C)OC1(C)C. The summed E-state index contributed by atoms with van der Waals surface area (Å²) >= 11 is 0. The molecule has 1 rings (SSSR count). The standard InChI is InChI=1S/C12H25NO2/c1-9(2)8-14-13-10-7-11(3,4)15-12(10,5)6/h9-10,13H,7-8H2,1-6H3. The molecule has 0 amide bonds. The second-order valence-corrected chi connectivity index (χ2v) is 6.04. The van der Waals surface area contributed by atoms with Crippen molar-refractivity contribution in [3.63, 3.8) is 0 Å². The lowest BCUT2D eigenvalue weighted by Crippen LogP contribution is -2.43. The first kappa shape index (κ1) is 12.9. The predicted molar refractivity (Wildman–Crippen MR) is 61.6 cm³/mol. The Morgan fingerprint density at radius 1 is 1.33 bits per heavy atom. The normalized spacial score (nSPS) is 28.6. The van der Waals surface area contributed by atoms with E-state index in [4.69, 9.17) is 9.57 Å². The van der Waals surface area contributed by atoms with Gasteiger partial charge < -0.3 is 9.57 Å². The third-order valence-corrected chi connectivity index (χ3v) is 2.72. The van der Waals surface area contributed by atoms with Gasteiger partial charge in [0.1, 0.15) is 0 Å². The highest BCUT2D eigenvalue weighted by Crippen LogP contribution is 2.37. The van der Waals surface area contributed by atoms with E-state index in [9.17, 15) is 0 Å². The van der Waals surface area contributed by atoms with Gasteiger partial charge in [-0.15, -0.1) is 0 Å². The summed E-state index contributed by atoms with van der Waals surface area (Å²) in [5.74, 6) is 0.552. The van der Waals surface area contributed by atoms with Crippen LogP contribution in [0, 0.1) is 5.92 Å². The van der Waals surface area contributed by atoms with Gasteiger partial charge in [0.15, 0.2) is 0 Å². The number of hydroxylamine groups is 1. The number of nitrogens with one attached hydrogen (secondary N) is 1. The van der Waals surface area contributed by atoms with Gasteiger partial charge in [-0.05, 0) is 40.0 Å². The van der Waals surface area contributed by atoms with Gasteiger partial charge >= 0.3 is 0 Å². The first-order valence-corrected chi connectivity index (χ1v) is 5.80. The highest BCUT2D eigenvalue weighted by Gasteiger charge is 2.46. The maximum Gasteiger partial charge on any atom is 0.0809 e. The van der Waals surface area contributed by atoms with E-state index < -0.39 is 0 Å². The molecule has 0 saturated carbocycles. The van der Waals surface area contributed by atoms with Gasteiger partial charge in [0.2, 0.25) is 0 Å². The van der Waals surface area contributed by atoms with Crippen LogP contribution in [0.25, 0.3) is 0 Å². The summed E-state index contributed by atoms with van der Waals surface area (Å²) in [6, 6.07) is 0.270. The molecule has 1 N–H and O–H groups in total. The molecule has 1 aliphatic heterocycles. The Kier molecular flexibility index (Phi) is 3.80. The molecular weight excluding hydrogens is 190 g/mol. The monoisotopic (exact) mass is 215 g/mol. The molecule has 1 heterocycles. The molecule has 90 valence electrons. The van der Waals surface area contributed by atoms with Crippen molar-refractivity contribution in [2.45, 2.75) is 65.2 Å². The maximum atomic E-state index is 5.96. The molecule has 0 aliphatic carbocycles. The number of rotatable bonds is 4. The van der Waals surface area contributed by atoms with Crippen LogP contribution in [0.2, 0.25) is 0 Å². The van der Waals surface area contributed by atoms with Gasteiger partial charge in [0.05, 0.1) is 23.9 Å². The van der Waals surface area contributed by atoms with Crippen LogP contribution in [0.4, 0.5) is 0 Å². The fourth-order valence-corrected chi connectivity index (χ4v) is 2.06. The molecule has 1 unspecified atom stereocenters. The topological polar surface area (TPSA) is 30.5 Å². The van der Waals surface area contributed by atoms with E-state index in [1.165, 1.54) is 0 Å². The smallest absolute Gasteiger partial charge is 0.0809 e. The Hall–Kier alpha value is -0.120.